The Balaban J connectivity index is 1.92. The van der Waals surface area contributed by atoms with E-state index in [0.29, 0.717) is 15.8 Å². The second-order valence-electron chi connectivity index (χ2n) is 8.47. The number of hydrogen-bond donors (Lipinski definition) is 2. The highest BCUT2D eigenvalue weighted by Gasteiger charge is 2.41. The quantitative estimate of drug-likeness (QED) is 0.390. The summed E-state index contributed by atoms with van der Waals surface area (Å²) in [6, 6.07) is 7.93. The van der Waals surface area contributed by atoms with Crippen LogP contribution in [0.25, 0.3) is 33.8 Å². The van der Waals surface area contributed by atoms with Crippen LogP contribution in [0.1, 0.15) is 36.8 Å². The van der Waals surface area contributed by atoms with Gasteiger partial charge in [0, 0.05) is 23.4 Å². The molecule has 1 unspecified atom stereocenters. The van der Waals surface area contributed by atoms with Gasteiger partial charge >= 0.3 is 6.18 Å². The molecular weight excluding hydrogens is 477 g/mol. The summed E-state index contributed by atoms with van der Waals surface area (Å²) >= 11 is 0. The van der Waals surface area contributed by atoms with Gasteiger partial charge in [-0.2, -0.15) is 18.3 Å². The maximum Gasteiger partial charge on any atom is 0.433 e. The van der Waals surface area contributed by atoms with Gasteiger partial charge in [-0.3, -0.25) is 9.48 Å². The largest absolute Gasteiger partial charge is 0.433 e. The molecule has 1 atom stereocenters. The summed E-state index contributed by atoms with van der Waals surface area (Å²) in [7, 11) is 0. The second kappa shape index (κ2) is 9.90. The van der Waals surface area contributed by atoms with Gasteiger partial charge in [0.05, 0.1) is 35.7 Å². The number of rotatable bonds is 7. The van der Waals surface area contributed by atoms with Crippen molar-refractivity contribution in [1.29, 1.82) is 0 Å². The van der Waals surface area contributed by atoms with E-state index in [2.05, 4.69) is 25.5 Å². The first-order valence-electron chi connectivity index (χ1n) is 11.0. The molecule has 1 aromatic carbocycles. The number of aliphatic hydroxyl groups is 1. The van der Waals surface area contributed by atoms with Crippen LogP contribution in [0.5, 0.6) is 0 Å². The van der Waals surface area contributed by atoms with Gasteiger partial charge in [-0.15, -0.1) is 0 Å². The molecule has 0 aliphatic heterocycles. The van der Waals surface area contributed by atoms with E-state index in [9.17, 15) is 23.1 Å². The van der Waals surface area contributed by atoms with E-state index >= 15 is 0 Å². The fourth-order valence-electron chi connectivity index (χ4n) is 3.74. The van der Waals surface area contributed by atoms with Crippen molar-refractivity contribution in [3.05, 3.63) is 60.3 Å². The van der Waals surface area contributed by atoms with Crippen LogP contribution in [-0.4, -0.2) is 48.1 Å². The average molecular weight is 500 g/mol. The number of carbonyl (C=O) groups excluding carboxylic acids is 1. The predicted octanol–water partition coefficient (Wildman–Crippen LogP) is 4.20. The molecule has 2 N–H and O–H groups in total. The van der Waals surface area contributed by atoms with Gasteiger partial charge in [-0.05, 0) is 39.0 Å². The van der Waals surface area contributed by atoms with Gasteiger partial charge in [-0.1, -0.05) is 17.3 Å². The molecule has 0 saturated carbocycles. The second-order valence-corrected chi connectivity index (χ2v) is 8.47. The molecule has 12 heteroatoms. The van der Waals surface area contributed by atoms with Crippen LogP contribution < -0.4 is 5.32 Å². The highest BCUT2D eigenvalue weighted by Crippen LogP contribution is 2.44. The molecule has 0 bridgehead atoms. The van der Waals surface area contributed by atoms with Gasteiger partial charge in [-0.25, -0.2) is 9.97 Å². The number of hydrogen-bond acceptors (Lipinski definition) is 7. The number of alkyl halides is 3. The molecule has 1 amide bonds. The number of carbonyl (C=O) groups is 1. The smallest absolute Gasteiger partial charge is 0.391 e. The molecular formula is C24H23F3N6O3. The molecule has 0 spiro atoms. The number of nitrogens with zero attached hydrogens (tertiary/aromatic N) is 5. The van der Waals surface area contributed by atoms with Crippen LogP contribution in [0.15, 0.2) is 53.6 Å². The molecule has 0 fully saturated rings. The zero-order valence-electron chi connectivity index (χ0n) is 19.6. The molecule has 3 heterocycles. The van der Waals surface area contributed by atoms with Gasteiger partial charge < -0.3 is 14.9 Å². The number of aromatic nitrogens is 5. The Hall–Kier alpha value is -4.06. The van der Waals surface area contributed by atoms with Crippen LogP contribution >= 0.6 is 0 Å². The Bertz CT molecular complexity index is 1360. The summed E-state index contributed by atoms with van der Waals surface area (Å²) in [5.41, 5.74) is -0.0133. The fourth-order valence-corrected chi connectivity index (χ4v) is 3.74. The highest BCUT2D eigenvalue weighted by molar-refractivity contribution is 5.97. The highest BCUT2D eigenvalue weighted by atomic mass is 19.4. The third-order valence-corrected chi connectivity index (χ3v) is 5.14. The van der Waals surface area contributed by atoms with Crippen LogP contribution in [0.3, 0.4) is 0 Å². The lowest BCUT2D eigenvalue weighted by molar-refractivity contribution is -0.144. The Morgan fingerprint density at radius 3 is 2.64 bits per heavy atom. The maximum absolute atomic E-state index is 14.1. The summed E-state index contributed by atoms with van der Waals surface area (Å²) in [6.07, 6.45) is -2.15. The van der Waals surface area contributed by atoms with Crippen molar-refractivity contribution in [1.82, 2.24) is 30.2 Å². The van der Waals surface area contributed by atoms with Crippen molar-refractivity contribution >= 4 is 5.91 Å². The zero-order chi connectivity index (χ0) is 26.0. The van der Waals surface area contributed by atoms with Crippen molar-refractivity contribution in [2.45, 2.75) is 45.6 Å². The van der Waals surface area contributed by atoms with E-state index in [-0.39, 0.29) is 46.8 Å². The third kappa shape index (κ3) is 5.13. The first kappa shape index (κ1) is 25.0. The lowest BCUT2D eigenvalue weighted by Crippen LogP contribution is -2.30. The van der Waals surface area contributed by atoms with Crippen LogP contribution in [-0.2, 0) is 12.7 Å². The normalized spacial score (nSPS) is 12.7. The lowest BCUT2D eigenvalue weighted by atomic mass is 9.98. The average Bonchev–Trinajstić information content (AvgIpc) is 3.43. The minimum Gasteiger partial charge on any atom is -0.391 e. The van der Waals surface area contributed by atoms with Crippen molar-refractivity contribution in [3.8, 4) is 33.8 Å². The fraction of sp³-hybridized carbons (Fsp3) is 0.292. The Morgan fingerprint density at radius 1 is 1.22 bits per heavy atom. The summed E-state index contributed by atoms with van der Waals surface area (Å²) in [5.74, 6) is -0.511. The van der Waals surface area contributed by atoms with Crippen molar-refractivity contribution in [2.24, 2.45) is 0 Å². The van der Waals surface area contributed by atoms with Gasteiger partial charge in [0.2, 0.25) is 0 Å². The van der Waals surface area contributed by atoms with Crippen molar-refractivity contribution in [2.75, 3.05) is 0 Å². The van der Waals surface area contributed by atoms with Crippen LogP contribution in [0, 0.1) is 0 Å². The van der Waals surface area contributed by atoms with E-state index in [1.165, 1.54) is 25.5 Å². The van der Waals surface area contributed by atoms with E-state index in [1.54, 1.807) is 24.3 Å². The Morgan fingerprint density at radius 2 is 2.00 bits per heavy atom. The summed E-state index contributed by atoms with van der Waals surface area (Å²) in [6.45, 7) is 4.65. The molecule has 0 radical (unpaired) electrons. The van der Waals surface area contributed by atoms with Crippen molar-refractivity contribution < 1.29 is 27.6 Å². The summed E-state index contributed by atoms with van der Waals surface area (Å²) < 4.78 is 48.5. The molecule has 4 aromatic rings. The Labute approximate surface area is 204 Å². The zero-order valence-corrected chi connectivity index (χ0v) is 19.6. The molecule has 9 nitrogen and oxygen atoms in total. The molecule has 4 rings (SSSR count). The number of nitrogens with one attached hydrogen (secondary N) is 1. The minimum absolute atomic E-state index is 0.0876. The lowest BCUT2D eigenvalue weighted by Gasteiger charge is -2.13. The summed E-state index contributed by atoms with van der Waals surface area (Å²) in [4.78, 5) is 20.6. The van der Waals surface area contributed by atoms with Crippen molar-refractivity contribution in [3.63, 3.8) is 0 Å². The molecule has 3 aromatic heterocycles. The van der Waals surface area contributed by atoms with Gasteiger partial charge in [0.1, 0.15) is 12.0 Å². The number of halogens is 3. The predicted molar refractivity (Wildman–Crippen MR) is 123 cm³/mol. The van der Waals surface area contributed by atoms with Crippen LogP contribution in [0.4, 0.5) is 13.2 Å². The maximum atomic E-state index is 14.1. The number of aliphatic hydroxyl groups excluding tert-OH is 1. The molecule has 188 valence electrons. The molecule has 0 aliphatic carbocycles. The Kier molecular flexibility index (Phi) is 6.88. The molecule has 36 heavy (non-hydrogen) atoms. The number of benzene rings is 1. The number of amides is 1. The standard InChI is InChI=1S/C24H23F3N6O3/c1-13(2)31-23(35)16-6-4-5-15(9-16)20-19(18-7-8-28-12-29-18)21(36-32-20)17-10-30-33(11-14(3)34)22(17)24(25,26)27/h4-10,12-14,34H,11H2,1-3H3,(H,31,35). The van der Waals surface area contributed by atoms with Gasteiger partial charge in [0.15, 0.2) is 11.5 Å². The molecule has 0 aliphatic rings. The van der Waals surface area contributed by atoms with E-state index in [4.69, 9.17) is 4.52 Å². The molecule has 0 saturated heterocycles. The van der Waals surface area contributed by atoms with E-state index in [0.717, 1.165) is 6.20 Å². The first-order chi connectivity index (χ1) is 17.1. The van der Waals surface area contributed by atoms with Crippen LogP contribution in [0.2, 0.25) is 0 Å². The van der Waals surface area contributed by atoms with E-state index < -0.39 is 18.0 Å². The van der Waals surface area contributed by atoms with E-state index in [1.807, 2.05) is 13.8 Å². The van der Waals surface area contributed by atoms with Gasteiger partial charge in [0.25, 0.3) is 5.91 Å². The summed E-state index contributed by atoms with van der Waals surface area (Å²) in [5, 5.41) is 20.4. The first-order valence-corrected chi connectivity index (χ1v) is 11.0. The monoisotopic (exact) mass is 500 g/mol. The topological polar surface area (TPSA) is 119 Å². The SMILES string of the molecule is CC(O)Cn1ncc(-c2onc(-c3cccc(C(=O)NC(C)C)c3)c2-c2ccncn2)c1C(F)(F)F. The minimum atomic E-state index is -4.80. The third-order valence-electron chi connectivity index (χ3n) is 5.14.